The second-order valence-corrected chi connectivity index (χ2v) is 13.5. The number of aromatic nitrogens is 2. The molecule has 0 unspecified atom stereocenters. The standard InChI is InChI=1S/C31H38N6O5S2/c1-19(2)25-29-35-22(16-44-29)26(39)32-12-7-13-37(30(41)31(10-11-31)18-42-3)15-24(38)33-21(14-20-8-5-4-6-9-20)28-34-23(17-43-28)27(40)36-25/h4-6,8-9,16-17,19,21,25H,7,10-15,18H2,1-3H3,(H,32,39)(H,33,38)(H,36,40)/t21-,25-/m0/s1. The van der Waals surface area contributed by atoms with E-state index in [9.17, 15) is 19.2 Å². The minimum Gasteiger partial charge on any atom is -0.384 e. The fourth-order valence-corrected chi connectivity index (χ4v) is 7.15. The number of thiazole rings is 2. The molecule has 13 heteroatoms. The topological polar surface area (TPSA) is 143 Å². The zero-order valence-electron chi connectivity index (χ0n) is 25.1. The van der Waals surface area contributed by atoms with E-state index in [-0.39, 0.29) is 47.5 Å². The van der Waals surface area contributed by atoms with Gasteiger partial charge in [-0.25, -0.2) is 9.97 Å². The van der Waals surface area contributed by atoms with Gasteiger partial charge in [-0.2, -0.15) is 0 Å². The van der Waals surface area contributed by atoms with Crippen molar-refractivity contribution < 1.29 is 23.9 Å². The molecule has 44 heavy (non-hydrogen) atoms. The maximum Gasteiger partial charge on any atom is 0.271 e. The third-order valence-corrected chi connectivity index (χ3v) is 9.77. The zero-order valence-corrected chi connectivity index (χ0v) is 26.8. The van der Waals surface area contributed by atoms with Gasteiger partial charge in [-0.15, -0.1) is 22.7 Å². The summed E-state index contributed by atoms with van der Waals surface area (Å²) in [4.78, 5) is 64.2. The van der Waals surface area contributed by atoms with Crippen LogP contribution < -0.4 is 16.0 Å². The van der Waals surface area contributed by atoms with Gasteiger partial charge in [0.25, 0.3) is 11.8 Å². The molecule has 0 saturated heterocycles. The number of ether oxygens (including phenoxy) is 1. The van der Waals surface area contributed by atoms with Gasteiger partial charge in [-0.1, -0.05) is 44.2 Å². The number of amides is 4. The van der Waals surface area contributed by atoms with Crippen LogP contribution in [0.2, 0.25) is 0 Å². The van der Waals surface area contributed by atoms with Crippen LogP contribution in [0.4, 0.5) is 0 Å². The lowest BCUT2D eigenvalue weighted by molar-refractivity contribution is -0.142. The van der Waals surface area contributed by atoms with Gasteiger partial charge in [0.1, 0.15) is 21.4 Å². The Morgan fingerprint density at radius 2 is 1.70 bits per heavy atom. The average Bonchev–Trinajstić information content (AvgIpc) is 3.39. The average molecular weight is 639 g/mol. The predicted molar refractivity (Wildman–Crippen MR) is 167 cm³/mol. The minimum atomic E-state index is -0.613. The second kappa shape index (κ2) is 14.0. The van der Waals surface area contributed by atoms with Crippen molar-refractivity contribution in [2.75, 3.05) is 33.4 Å². The van der Waals surface area contributed by atoms with Gasteiger partial charge >= 0.3 is 0 Å². The summed E-state index contributed by atoms with van der Waals surface area (Å²) in [5, 5.41) is 13.6. The third kappa shape index (κ3) is 7.51. The first-order valence-electron chi connectivity index (χ1n) is 14.8. The van der Waals surface area contributed by atoms with Crippen LogP contribution >= 0.6 is 22.7 Å². The van der Waals surface area contributed by atoms with E-state index in [1.165, 1.54) is 22.7 Å². The number of carbonyl (C=O) groups excluding carboxylic acids is 4. The molecule has 2 aliphatic rings. The molecule has 1 saturated carbocycles. The minimum absolute atomic E-state index is 0.00901. The molecule has 0 radical (unpaired) electrons. The maximum atomic E-state index is 13.6. The molecule has 1 fully saturated rings. The van der Waals surface area contributed by atoms with Crippen molar-refractivity contribution >= 4 is 46.3 Å². The number of carbonyl (C=O) groups is 4. The molecule has 3 heterocycles. The fourth-order valence-electron chi connectivity index (χ4n) is 5.28. The molecule has 11 nitrogen and oxygen atoms in total. The third-order valence-electron chi connectivity index (χ3n) is 7.88. The summed E-state index contributed by atoms with van der Waals surface area (Å²) in [7, 11) is 1.57. The summed E-state index contributed by atoms with van der Waals surface area (Å²) in [5.41, 5.74) is 0.894. The Hall–Kier alpha value is -3.68. The molecular formula is C31H38N6O5S2. The van der Waals surface area contributed by atoms with Gasteiger partial charge < -0.3 is 25.6 Å². The van der Waals surface area contributed by atoms with Gasteiger partial charge in [0.15, 0.2) is 0 Å². The quantitative estimate of drug-likeness (QED) is 0.375. The van der Waals surface area contributed by atoms with E-state index in [0.717, 1.165) is 5.56 Å². The van der Waals surface area contributed by atoms with Crippen LogP contribution in [0.5, 0.6) is 0 Å². The number of rotatable bonds is 6. The molecule has 1 aromatic carbocycles. The van der Waals surface area contributed by atoms with Gasteiger partial charge in [0.05, 0.1) is 30.7 Å². The molecule has 1 aliphatic carbocycles. The van der Waals surface area contributed by atoms with Crippen LogP contribution in [0.15, 0.2) is 41.1 Å². The monoisotopic (exact) mass is 638 g/mol. The Labute approximate surface area is 264 Å². The SMILES string of the molecule is COCC1(C(=O)N2CCCNC(=O)c3csc(n3)[C@H](C(C)C)NC(=O)c3csc(n3)[C@H](Cc3ccccc3)NC(=O)C2)CC1. The lowest BCUT2D eigenvalue weighted by Gasteiger charge is -2.28. The van der Waals surface area contributed by atoms with Gasteiger partial charge in [-0.3, -0.25) is 19.2 Å². The Bertz CT molecular complexity index is 1490. The van der Waals surface area contributed by atoms with Crippen molar-refractivity contribution in [1.29, 1.82) is 0 Å². The summed E-state index contributed by atoms with van der Waals surface area (Å²) in [5.74, 6) is -1.14. The predicted octanol–water partition coefficient (Wildman–Crippen LogP) is 3.52. The molecule has 3 N–H and O–H groups in total. The molecule has 0 spiro atoms. The molecular weight excluding hydrogens is 601 g/mol. The molecule has 5 rings (SSSR count). The van der Waals surface area contributed by atoms with E-state index < -0.39 is 17.5 Å². The summed E-state index contributed by atoms with van der Waals surface area (Å²) in [6.45, 7) is 4.70. The Morgan fingerprint density at radius 1 is 1.02 bits per heavy atom. The van der Waals surface area contributed by atoms with Crippen LogP contribution in [-0.2, 0) is 20.7 Å². The smallest absolute Gasteiger partial charge is 0.271 e. The van der Waals surface area contributed by atoms with Crippen LogP contribution in [0.1, 0.15) is 81.7 Å². The molecule has 1 aliphatic heterocycles. The highest BCUT2D eigenvalue weighted by Gasteiger charge is 2.52. The van der Waals surface area contributed by atoms with E-state index in [1.807, 2.05) is 44.2 Å². The number of fused-ring (bicyclic) bond motifs is 4. The summed E-state index contributed by atoms with van der Waals surface area (Å²) >= 11 is 2.62. The van der Waals surface area contributed by atoms with E-state index in [0.29, 0.717) is 55.4 Å². The van der Waals surface area contributed by atoms with Crippen molar-refractivity contribution in [3.8, 4) is 0 Å². The molecule has 234 valence electrons. The number of nitrogens with one attached hydrogen (secondary N) is 3. The largest absolute Gasteiger partial charge is 0.384 e. The highest BCUT2D eigenvalue weighted by atomic mass is 32.1. The normalized spacial score (nSPS) is 21.0. The summed E-state index contributed by atoms with van der Waals surface area (Å²) < 4.78 is 5.34. The molecule has 2 atom stereocenters. The van der Waals surface area contributed by atoms with E-state index in [4.69, 9.17) is 4.74 Å². The van der Waals surface area contributed by atoms with Gasteiger partial charge in [0, 0.05) is 31.0 Å². The Balaban J connectivity index is 1.45. The number of methoxy groups -OCH3 is 1. The number of hydrogen-bond donors (Lipinski definition) is 3. The van der Waals surface area contributed by atoms with Crippen molar-refractivity contribution in [3.05, 3.63) is 68.1 Å². The molecule has 3 aromatic rings. The van der Waals surface area contributed by atoms with Crippen LogP contribution in [0, 0.1) is 11.3 Å². The first-order valence-corrected chi connectivity index (χ1v) is 16.6. The first-order chi connectivity index (χ1) is 21.2. The van der Waals surface area contributed by atoms with Crippen LogP contribution in [0.3, 0.4) is 0 Å². The van der Waals surface area contributed by atoms with Crippen molar-refractivity contribution in [1.82, 2.24) is 30.8 Å². The maximum absolute atomic E-state index is 13.6. The summed E-state index contributed by atoms with van der Waals surface area (Å²) in [6.07, 6.45) is 2.33. The Morgan fingerprint density at radius 3 is 2.39 bits per heavy atom. The lowest BCUT2D eigenvalue weighted by atomic mass is 10.0. The first kappa shape index (κ1) is 31.7. The zero-order chi connectivity index (χ0) is 31.3. The Kier molecular flexibility index (Phi) is 10.1. The number of nitrogens with zero attached hydrogens (tertiary/aromatic N) is 3. The summed E-state index contributed by atoms with van der Waals surface area (Å²) in [6, 6.07) is 8.82. The van der Waals surface area contributed by atoms with Crippen LogP contribution in [-0.4, -0.2) is 71.8 Å². The highest BCUT2D eigenvalue weighted by molar-refractivity contribution is 7.10. The van der Waals surface area contributed by atoms with Crippen molar-refractivity contribution in [2.45, 2.75) is 51.6 Å². The van der Waals surface area contributed by atoms with Gasteiger partial charge in [-0.05, 0) is 37.2 Å². The number of hydrogen-bond acceptors (Lipinski definition) is 9. The highest BCUT2D eigenvalue weighted by Crippen LogP contribution is 2.47. The van der Waals surface area contributed by atoms with Crippen LogP contribution in [0.25, 0.3) is 0 Å². The second-order valence-electron chi connectivity index (χ2n) is 11.7. The fraction of sp³-hybridized carbons (Fsp3) is 0.484. The molecule has 4 bridgehead atoms. The molecule has 4 amide bonds. The van der Waals surface area contributed by atoms with E-state index in [2.05, 4.69) is 25.9 Å². The van der Waals surface area contributed by atoms with Crippen molar-refractivity contribution in [3.63, 3.8) is 0 Å². The van der Waals surface area contributed by atoms with Crippen molar-refractivity contribution in [2.24, 2.45) is 11.3 Å². The van der Waals surface area contributed by atoms with Gasteiger partial charge in [0.2, 0.25) is 11.8 Å². The number of benzene rings is 1. The lowest BCUT2D eigenvalue weighted by Crippen LogP contribution is -2.46. The molecule has 2 aromatic heterocycles. The van der Waals surface area contributed by atoms with E-state index in [1.54, 1.807) is 22.8 Å². The van der Waals surface area contributed by atoms with E-state index >= 15 is 0 Å².